The van der Waals surface area contributed by atoms with Crippen molar-refractivity contribution >= 4 is 0 Å². The summed E-state index contributed by atoms with van der Waals surface area (Å²) >= 11 is 0. The maximum Gasteiger partial charge on any atom is 0.0484 e. The van der Waals surface area contributed by atoms with Crippen LogP contribution in [0.4, 0.5) is 0 Å². The minimum atomic E-state index is 0.132. The molecule has 0 spiro atoms. The summed E-state index contributed by atoms with van der Waals surface area (Å²) in [7, 11) is 0. The molecule has 0 fully saturated rings. The van der Waals surface area contributed by atoms with Crippen LogP contribution in [-0.2, 0) is 0 Å². The second-order valence-corrected chi connectivity index (χ2v) is 6.40. The molecule has 0 saturated carbocycles. The smallest absolute Gasteiger partial charge is 0.0484 e. The fourth-order valence-corrected chi connectivity index (χ4v) is 2.57. The van der Waals surface area contributed by atoms with Crippen LogP contribution in [0.3, 0.4) is 0 Å². The molecule has 16 heavy (non-hydrogen) atoms. The van der Waals surface area contributed by atoms with E-state index in [1.54, 1.807) is 5.57 Å². The van der Waals surface area contributed by atoms with Crippen LogP contribution in [0.1, 0.15) is 60.3 Å². The molecule has 1 aliphatic rings. The van der Waals surface area contributed by atoms with E-state index in [0.717, 1.165) is 18.8 Å². The van der Waals surface area contributed by atoms with E-state index in [-0.39, 0.29) is 5.41 Å². The van der Waals surface area contributed by atoms with Gasteiger partial charge in [0, 0.05) is 6.61 Å². The molecule has 0 aromatic carbocycles. The van der Waals surface area contributed by atoms with Gasteiger partial charge in [-0.25, -0.2) is 0 Å². The summed E-state index contributed by atoms with van der Waals surface area (Å²) in [5.74, 6) is 0.768. The van der Waals surface area contributed by atoms with Crippen LogP contribution in [0.25, 0.3) is 0 Å². The summed E-state index contributed by atoms with van der Waals surface area (Å²) in [5, 5.41) is 9.43. The number of hydrogen-bond donors (Lipinski definition) is 1. The molecule has 1 N–H and O–H groups in total. The van der Waals surface area contributed by atoms with Crippen molar-refractivity contribution in [3.63, 3.8) is 0 Å². The molecule has 1 nitrogen and oxygen atoms in total. The van der Waals surface area contributed by atoms with Gasteiger partial charge in [-0.05, 0) is 49.4 Å². The first-order valence-electron chi connectivity index (χ1n) is 6.64. The zero-order valence-electron chi connectivity index (χ0n) is 11.6. The molecule has 1 heteroatoms. The van der Waals surface area contributed by atoms with Gasteiger partial charge in [-0.3, -0.25) is 0 Å². The van der Waals surface area contributed by atoms with E-state index >= 15 is 0 Å². The summed E-state index contributed by atoms with van der Waals surface area (Å²) in [6.07, 6.45) is 7.08. The average Bonchev–Trinajstić information content (AvgIpc) is 2.51. The van der Waals surface area contributed by atoms with Gasteiger partial charge in [0.1, 0.15) is 0 Å². The van der Waals surface area contributed by atoms with Gasteiger partial charge in [0.2, 0.25) is 0 Å². The van der Waals surface area contributed by atoms with Crippen LogP contribution >= 0.6 is 0 Å². The third-order valence-electron chi connectivity index (χ3n) is 5.08. The zero-order valence-corrected chi connectivity index (χ0v) is 11.6. The average molecular weight is 224 g/mol. The lowest BCUT2D eigenvalue weighted by Crippen LogP contribution is -2.25. The molecule has 0 aromatic heterocycles. The standard InChI is InChI=1S/C15H28O/c1-6-15(5,11-16)10-9-13-8-7-12(2)14(13,3)4/h7,13,16H,6,8-11H2,1-5H3/t13?,15-/m0/s1. The van der Waals surface area contributed by atoms with E-state index in [1.807, 2.05) is 0 Å². The summed E-state index contributed by atoms with van der Waals surface area (Å²) in [6.45, 7) is 11.7. The molecule has 1 rings (SSSR count). The van der Waals surface area contributed by atoms with Gasteiger partial charge in [-0.15, -0.1) is 0 Å². The van der Waals surface area contributed by atoms with Crippen molar-refractivity contribution in [3.8, 4) is 0 Å². The van der Waals surface area contributed by atoms with Crippen molar-refractivity contribution in [1.29, 1.82) is 0 Å². The minimum Gasteiger partial charge on any atom is -0.396 e. The van der Waals surface area contributed by atoms with Crippen LogP contribution in [-0.4, -0.2) is 11.7 Å². The highest BCUT2D eigenvalue weighted by atomic mass is 16.3. The van der Waals surface area contributed by atoms with Crippen molar-refractivity contribution in [1.82, 2.24) is 0 Å². The molecular formula is C15H28O. The summed E-state index contributed by atoms with van der Waals surface area (Å²) < 4.78 is 0. The quantitative estimate of drug-likeness (QED) is 0.695. The number of rotatable bonds is 5. The van der Waals surface area contributed by atoms with E-state index in [2.05, 4.69) is 40.7 Å². The highest BCUT2D eigenvalue weighted by Crippen LogP contribution is 2.46. The Labute approximate surface area is 101 Å². The van der Waals surface area contributed by atoms with Gasteiger partial charge in [-0.2, -0.15) is 0 Å². The predicted molar refractivity (Wildman–Crippen MR) is 70.4 cm³/mol. The van der Waals surface area contributed by atoms with E-state index in [1.165, 1.54) is 12.8 Å². The lowest BCUT2D eigenvalue weighted by molar-refractivity contribution is 0.111. The van der Waals surface area contributed by atoms with Crippen LogP contribution in [0, 0.1) is 16.7 Å². The second kappa shape index (κ2) is 4.91. The Hall–Kier alpha value is -0.300. The van der Waals surface area contributed by atoms with Crippen molar-refractivity contribution < 1.29 is 5.11 Å². The Morgan fingerprint density at radius 1 is 1.50 bits per heavy atom. The zero-order chi connectivity index (χ0) is 12.4. The molecule has 1 aliphatic carbocycles. The lowest BCUT2D eigenvalue weighted by Gasteiger charge is -2.33. The lowest BCUT2D eigenvalue weighted by atomic mass is 9.72. The Bertz CT molecular complexity index is 259. The monoisotopic (exact) mass is 224 g/mol. The minimum absolute atomic E-state index is 0.132. The second-order valence-electron chi connectivity index (χ2n) is 6.40. The Morgan fingerprint density at radius 3 is 2.50 bits per heavy atom. The largest absolute Gasteiger partial charge is 0.396 e. The van der Waals surface area contributed by atoms with Crippen LogP contribution in [0.5, 0.6) is 0 Å². The van der Waals surface area contributed by atoms with Crippen molar-refractivity contribution in [2.45, 2.75) is 60.3 Å². The Morgan fingerprint density at radius 2 is 2.12 bits per heavy atom. The molecule has 0 heterocycles. The van der Waals surface area contributed by atoms with Gasteiger partial charge < -0.3 is 5.11 Å². The van der Waals surface area contributed by atoms with Crippen molar-refractivity contribution in [3.05, 3.63) is 11.6 Å². The van der Waals surface area contributed by atoms with Crippen LogP contribution in [0.15, 0.2) is 11.6 Å². The highest BCUT2D eigenvalue weighted by molar-refractivity contribution is 5.18. The van der Waals surface area contributed by atoms with Crippen LogP contribution < -0.4 is 0 Å². The molecular weight excluding hydrogens is 196 g/mol. The van der Waals surface area contributed by atoms with E-state index in [9.17, 15) is 5.11 Å². The molecule has 0 amide bonds. The Kier molecular flexibility index (Phi) is 4.23. The molecule has 0 aliphatic heterocycles. The van der Waals surface area contributed by atoms with E-state index in [0.29, 0.717) is 12.0 Å². The maximum absolute atomic E-state index is 9.43. The van der Waals surface area contributed by atoms with Crippen molar-refractivity contribution in [2.24, 2.45) is 16.7 Å². The van der Waals surface area contributed by atoms with Crippen LogP contribution in [0.2, 0.25) is 0 Å². The van der Waals surface area contributed by atoms with Gasteiger partial charge in [0.25, 0.3) is 0 Å². The SMILES string of the molecule is CC[C@](C)(CO)CCC1CC=C(C)C1(C)C. The molecule has 0 aromatic rings. The summed E-state index contributed by atoms with van der Waals surface area (Å²) in [5.41, 5.74) is 2.04. The number of aliphatic hydroxyl groups excluding tert-OH is 1. The van der Waals surface area contributed by atoms with Gasteiger partial charge in [0.15, 0.2) is 0 Å². The van der Waals surface area contributed by atoms with E-state index in [4.69, 9.17) is 0 Å². The third-order valence-corrected chi connectivity index (χ3v) is 5.08. The number of hydrogen-bond acceptors (Lipinski definition) is 1. The topological polar surface area (TPSA) is 20.2 Å². The first-order valence-corrected chi connectivity index (χ1v) is 6.64. The normalized spacial score (nSPS) is 27.6. The molecule has 0 radical (unpaired) electrons. The molecule has 94 valence electrons. The molecule has 0 bridgehead atoms. The Balaban J connectivity index is 2.52. The highest BCUT2D eigenvalue weighted by Gasteiger charge is 2.35. The number of aliphatic hydroxyl groups is 1. The predicted octanol–water partition coefficient (Wildman–Crippen LogP) is 4.17. The summed E-state index contributed by atoms with van der Waals surface area (Å²) in [6, 6.07) is 0. The first kappa shape index (κ1) is 13.8. The van der Waals surface area contributed by atoms with Gasteiger partial charge in [-0.1, -0.05) is 39.3 Å². The van der Waals surface area contributed by atoms with Gasteiger partial charge in [0.05, 0.1) is 0 Å². The van der Waals surface area contributed by atoms with E-state index < -0.39 is 0 Å². The fraction of sp³-hybridized carbons (Fsp3) is 0.867. The summed E-state index contributed by atoms with van der Waals surface area (Å²) in [4.78, 5) is 0. The molecule has 1 unspecified atom stereocenters. The molecule has 2 atom stereocenters. The third kappa shape index (κ3) is 2.68. The number of allylic oxidation sites excluding steroid dienone is 2. The first-order chi connectivity index (χ1) is 7.35. The molecule has 0 saturated heterocycles. The fourth-order valence-electron chi connectivity index (χ4n) is 2.57. The maximum atomic E-state index is 9.43. The van der Waals surface area contributed by atoms with Crippen molar-refractivity contribution in [2.75, 3.05) is 6.61 Å². The van der Waals surface area contributed by atoms with Gasteiger partial charge >= 0.3 is 0 Å².